The predicted molar refractivity (Wildman–Crippen MR) is 82.9 cm³/mol. The molecule has 0 unspecified atom stereocenters. The lowest BCUT2D eigenvalue weighted by molar-refractivity contribution is -0.385. The van der Waals surface area contributed by atoms with Crippen molar-refractivity contribution in [3.05, 3.63) is 69.3 Å². The number of esters is 1. The van der Waals surface area contributed by atoms with E-state index in [1.165, 1.54) is 13.2 Å². The van der Waals surface area contributed by atoms with Crippen LogP contribution in [-0.4, -0.2) is 18.0 Å². The largest absolute Gasteiger partial charge is 0.465 e. The van der Waals surface area contributed by atoms with E-state index >= 15 is 0 Å². The number of aryl methyl sites for hydroxylation is 1. The fraction of sp³-hybridized carbons (Fsp3) is 0.188. The molecule has 0 aliphatic rings. The molecule has 6 heteroatoms. The maximum Gasteiger partial charge on any atom is 0.337 e. The third-order valence-electron chi connectivity index (χ3n) is 3.28. The van der Waals surface area contributed by atoms with E-state index in [-0.39, 0.29) is 11.7 Å². The van der Waals surface area contributed by atoms with Crippen molar-refractivity contribution in [3.8, 4) is 0 Å². The minimum absolute atomic E-state index is 0.0889. The SMILES string of the molecule is COC(=O)c1ccc(CNc2ccc(C)c([N+](=O)[O-])c2)cc1. The topological polar surface area (TPSA) is 81.5 Å². The Morgan fingerprint density at radius 3 is 2.50 bits per heavy atom. The predicted octanol–water partition coefficient (Wildman–Crippen LogP) is 3.30. The molecule has 2 rings (SSSR count). The highest BCUT2D eigenvalue weighted by molar-refractivity contribution is 5.89. The molecule has 0 spiro atoms. The maximum atomic E-state index is 11.3. The van der Waals surface area contributed by atoms with Crippen molar-refractivity contribution in [2.45, 2.75) is 13.5 Å². The Hall–Kier alpha value is -2.89. The summed E-state index contributed by atoms with van der Waals surface area (Å²) < 4.78 is 4.63. The second-order valence-electron chi connectivity index (χ2n) is 4.80. The molecule has 0 saturated heterocycles. The molecule has 0 aromatic heterocycles. The van der Waals surface area contributed by atoms with Crippen LogP contribution in [0.25, 0.3) is 0 Å². The first-order valence-corrected chi connectivity index (χ1v) is 6.67. The molecule has 0 aliphatic heterocycles. The lowest BCUT2D eigenvalue weighted by Crippen LogP contribution is -2.03. The second-order valence-corrected chi connectivity index (χ2v) is 4.80. The molecule has 0 saturated carbocycles. The summed E-state index contributed by atoms with van der Waals surface area (Å²) in [4.78, 5) is 21.9. The van der Waals surface area contributed by atoms with Crippen molar-refractivity contribution >= 4 is 17.3 Å². The highest BCUT2D eigenvalue weighted by Gasteiger charge is 2.10. The van der Waals surface area contributed by atoms with Crippen LogP contribution in [0.1, 0.15) is 21.5 Å². The molecular weight excluding hydrogens is 284 g/mol. The Labute approximate surface area is 127 Å². The summed E-state index contributed by atoms with van der Waals surface area (Å²) in [5.74, 6) is -0.381. The van der Waals surface area contributed by atoms with Gasteiger partial charge < -0.3 is 10.1 Å². The first-order chi connectivity index (χ1) is 10.5. The molecule has 0 heterocycles. The number of ether oxygens (including phenoxy) is 1. The van der Waals surface area contributed by atoms with Gasteiger partial charge in [0.2, 0.25) is 0 Å². The number of anilines is 1. The van der Waals surface area contributed by atoms with E-state index in [0.717, 1.165) is 5.56 Å². The summed E-state index contributed by atoms with van der Waals surface area (Å²) in [6.07, 6.45) is 0. The van der Waals surface area contributed by atoms with Gasteiger partial charge in [0.05, 0.1) is 17.6 Å². The molecule has 6 nitrogen and oxygen atoms in total. The van der Waals surface area contributed by atoms with E-state index in [0.29, 0.717) is 23.4 Å². The molecule has 0 amide bonds. The van der Waals surface area contributed by atoms with E-state index in [1.54, 1.807) is 31.2 Å². The Morgan fingerprint density at radius 1 is 1.23 bits per heavy atom. The van der Waals surface area contributed by atoms with E-state index < -0.39 is 4.92 Å². The Bertz CT molecular complexity index is 696. The van der Waals surface area contributed by atoms with Crippen LogP contribution >= 0.6 is 0 Å². The van der Waals surface area contributed by atoms with Crippen LogP contribution in [0.4, 0.5) is 11.4 Å². The fourth-order valence-electron chi connectivity index (χ4n) is 2.00. The zero-order chi connectivity index (χ0) is 16.1. The number of rotatable bonds is 5. The number of hydrogen-bond acceptors (Lipinski definition) is 5. The number of nitrogens with one attached hydrogen (secondary N) is 1. The van der Waals surface area contributed by atoms with E-state index in [2.05, 4.69) is 10.1 Å². The second kappa shape index (κ2) is 6.71. The van der Waals surface area contributed by atoms with Crippen LogP contribution in [-0.2, 0) is 11.3 Å². The highest BCUT2D eigenvalue weighted by atomic mass is 16.6. The van der Waals surface area contributed by atoms with Gasteiger partial charge in [0.15, 0.2) is 0 Å². The van der Waals surface area contributed by atoms with Gasteiger partial charge in [-0.1, -0.05) is 18.2 Å². The van der Waals surface area contributed by atoms with Crippen LogP contribution in [0.3, 0.4) is 0 Å². The number of hydrogen-bond donors (Lipinski definition) is 1. The normalized spacial score (nSPS) is 10.1. The minimum Gasteiger partial charge on any atom is -0.465 e. The number of methoxy groups -OCH3 is 1. The maximum absolute atomic E-state index is 11.3. The first kappa shape index (κ1) is 15.5. The number of nitro benzene ring substituents is 1. The van der Waals surface area contributed by atoms with Crippen molar-refractivity contribution in [1.82, 2.24) is 0 Å². The van der Waals surface area contributed by atoms with Crippen LogP contribution in [0.2, 0.25) is 0 Å². The van der Waals surface area contributed by atoms with E-state index in [9.17, 15) is 14.9 Å². The summed E-state index contributed by atoms with van der Waals surface area (Å²) in [7, 11) is 1.34. The summed E-state index contributed by atoms with van der Waals surface area (Å²) in [5.41, 5.74) is 2.83. The van der Waals surface area contributed by atoms with Crippen molar-refractivity contribution in [2.75, 3.05) is 12.4 Å². The van der Waals surface area contributed by atoms with Crippen LogP contribution in [0, 0.1) is 17.0 Å². The third kappa shape index (κ3) is 3.60. The number of nitro groups is 1. The fourth-order valence-corrected chi connectivity index (χ4v) is 2.00. The van der Waals surface area contributed by atoms with Gasteiger partial charge in [-0.3, -0.25) is 10.1 Å². The zero-order valence-electron chi connectivity index (χ0n) is 12.3. The van der Waals surface area contributed by atoms with Crippen molar-refractivity contribution in [1.29, 1.82) is 0 Å². The number of carbonyl (C=O) groups excluding carboxylic acids is 1. The van der Waals surface area contributed by atoms with Crippen LogP contribution in [0.15, 0.2) is 42.5 Å². The smallest absolute Gasteiger partial charge is 0.337 e. The number of nitrogens with zero attached hydrogens (tertiary/aromatic N) is 1. The first-order valence-electron chi connectivity index (χ1n) is 6.67. The number of benzene rings is 2. The quantitative estimate of drug-likeness (QED) is 0.520. The van der Waals surface area contributed by atoms with E-state index in [1.807, 2.05) is 12.1 Å². The van der Waals surface area contributed by atoms with Gasteiger partial charge in [-0.05, 0) is 30.7 Å². The zero-order valence-corrected chi connectivity index (χ0v) is 12.3. The van der Waals surface area contributed by atoms with Gasteiger partial charge in [-0.2, -0.15) is 0 Å². The molecule has 0 fully saturated rings. The van der Waals surface area contributed by atoms with E-state index in [4.69, 9.17) is 0 Å². The average molecular weight is 300 g/mol. The molecular formula is C16H16N2O4. The highest BCUT2D eigenvalue weighted by Crippen LogP contribution is 2.22. The van der Waals surface area contributed by atoms with Gasteiger partial charge in [-0.15, -0.1) is 0 Å². The average Bonchev–Trinajstić information content (AvgIpc) is 2.53. The van der Waals surface area contributed by atoms with Gasteiger partial charge >= 0.3 is 5.97 Å². The van der Waals surface area contributed by atoms with Crippen LogP contribution in [0.5, 0.6) is 0 Å². The number of carbonyl (C=O) groups is 1. The molecule has 114 valence electrons. The summed E-state index contributed by atoms with van der Waals surface area (Å²) in [6.45, 7) is 2.20. The van der Waals surface area contributed by atoms with Crippen molar-refractivity contribution in [3.63, 3.8) is 0 Å². The van der Waals surface area contributed by atoms with Gasteiger partial charge in [0, 0.05) is 23.9 Å². The molecule has 22 heavy (non-hydrogen) atoms. The summed E-state index contributed by atoms with van der Waals surface area (Å²) in [6, 6.07) is 12.0. The van der Waals surface area contributed by atoms with Gasteiger partial charge in [0.25, 0.3) is 5.69 Å². The Balaban J connectivity index is 2.05. The lowest BCUT2D eigenvalue weighted by Gasteiger charge is -2.08. The van der Waals surface area contributed by atoms with Gasteiger partial charge in [-0.25, -0.2) is 4.79 Å². The van der Waals surface area contributed by atoms with Crippen molar-refractivity contribution in [2.24, 2.45) is 0 Å². The minimum atomic E-state index is -0.397. The Kier molecular flexibility index (Phi) is 4.73. The molecule has 2 aromatic rings. The molecule has 0 bridgehead atoms. The molecule has 0 radical (unpaired) electrons. The standard InChI is InChI=1S/C16H16N2O4/c1-11-3-8-14(9-15(11)18(20)21)17-10-12-4-6-13(7-5-12)16(19)22-2/h3-9,17H,10H2,1-2H3. The molecule has 0 atom stereocenters. The summed E-state index contributed by atoms with van der Waals surface area (Å²) in [5, 5.41) is 14.0. The lowest BCUT2D eigenvalue weighted by atomic mass is 10.1. The van der Waals surface area contributed by atoms with Gasteiger partial charge in [0.1, 0.15) is 0 Å². The molecule has 2 aromatic carbocycles. The monoisotopic (exact) mass is 300 g/mol. The third-order valence-corrected chi connectivity index (χ3v) is 3.28. The van der Waals surface area contributed by atoms with Crippen molar-refractivity contribution < 1.29 is 14.5 Å². The molecule has 1 N–H and O–H groups in total. The summed E-state index contributed by atoms with van der Waals surface area (Å²) >= 11 is 0. The Morgan fingerprint density at radius 2 is 1.91 bits per heavy atom. The molecule has 0 aliphatic carbocycles. The van der Waals surface area contributed by atoms with Crippen LogP contribution < -0.4 is 5.32 Å².